The average molecular weight is 361 g/mol. The van der Waals surface area contributed by atoms with Crippen LogP contribution in [0.5, 0.6) is 0 Å². The van der Waals surface area contributed by atoms with Crippen LogP contribution in [0.25, 0.3) is 0 Å². The Morgan fingerprint density at radius 3 is 1.54 bits per heavy atom. The Labute approximate surface area is 154 Å². The molecule has 0 radical (unpaired) electrons. The van der Waals surface area contributed by atoms with Gasteiger partial charge in [-0.1, -0.05) is 98.3 Å². The van der Waals surface area contributed by atoms with Crippen LogP contribution in [-0.2, 0) is 4.52 Å². The van der Waals surface area contributed by atoms with Crippen LogP contribution in [0, 0.1) is 11.8 Å². The van der Waals surface area contributed by atoms with Crippen molar-refractivity contribution in [3.8, 4) is 0 Å². The van der Waals surface area contributed by atoms with Crippen LogP contribution in [0.2, 0.25) is 0 Å². The molecule has 1 atom stereocenters. The van der Waals surface area contributed by atoms with Gasteiger partial charge in [0.1, 0.15) is 0 Å². The molecule has 0 aliphatic heterocycles. The van der Waals surface area contributed by atoms with E-state index in [-0.39, 0.29) is 0 Å². The van der Waals surface area contributed by atoms with Crippen molar-refractivity contribution in [3.63, 3.8) is 0 Å². The SMILES string of the molecule is CC(C)CCCCCCCCP(O)OCCCCCCCC(C)C. The van der Waals surface area contributed by atoms with Crippen LogP contribution in [0.1, 0.15) is 111 Å². The van der Waals surface area contributed by atoms with Crippen LogP contribution < -0.4 is 0 Å². The number of hydrogen-bond donors (Lipinski definition) is 1. The lowest BCUT2D eigenvalue weighted by molar-refractivity contribution is 0.297. The molecule has 0 aliphatic carbocycles. The molecule has 0 saturated carbocycles. The van der Waals surface area contributed by atoms with E-state index >= 15 is 0 Å². The first-order valence-corrected chi connectivity index (χ1v) is 12.0. The van der Waals surface area contributed by atoms with Gasteiger partial charge in [-0.3, -0.25) is 0 Å². The van der Waals surface area contributed by atoms with E-state index in [9.17, 15) is 4.89 Å². The van der Waals surface area contributed by atoms with E-state index in [1.165, 1.54) is 70.6 Å². The molecule has 0 spiro atoms. The standard InChI is InChI=1S/C21H45O2P/c1-20(2)16-12-8-5-6-11-15-19-24(22)23-18-14-10-7-9-13-17-21(3)4/h20-22H,5-19H2,1-4H3. The Hall–Kier alpha value is 0.350. The molecule has 0 saturated heterocycles. The zero-order chi connectivity index (χ0) is 18.0. The Balaban J connectivity index is 3.17. The summed E-state index contributed by atoms with van der Waals surface area (Å²) in [6, 6.07) is 0. The molecular formula is C21H45O2P. The molecule has 3 heteroatoms. The van der Waals surface area contributed by atoms with Crippen molar-refractivity contribution in [2.24, 2.45) is 11.8 Å². The predicted molar refractivity (Wildman–Crippen MR) is 110 cm³/mol. The van der Waals surface area contributed by atoms with E-state index in [0.717, 1.165) is 37.4 Å². The summed E-state index contributed by atoms with van der Waals surface area (Å²) in [6.07, 6.45) is 17.8. The predicted octanol–water partition coefficient (Wildman–Crippen LogP) is 7.69. The summed E-state index contributed by atoms with van der Waals surface area (Å²) in [7, 11) is -1.15. The lowest BCUT2D eigenvalue weighted by Gasteiger charge is -2.11. The van der Waals surface area contributed by atoms with Crippen molar-refractivity contribution < 1.29 is 9.42 Å². The molecule has 1 unspecified atom stereocenters. The summed E-state index contributed by atoms with van der Waals surface area (Å²) in [5, 5.41) is 0. The smallest absolute Gasteiger partial charge is 0.167 e. The van der Waals surface area contributed by atoms with Gasteiger partial charge in [0, 0.05) is 6.16 Å². The quantitative estimate of drug-likeness (QED) is 0.200. The molecule has 0 aromatic heterocycles. The van der Waals surface area contributed by atoms with E-state index in [4.69, 9.17) is 4.52 Å². The van der Waals surface area contributed by atoms with Gasteiger partial charge in [-0.2, -0.15) is 0 Å². The first kappa shape index (κ1) is 24.4. The molecule has 24 heavy (non-hydrogen) atoms. The highest BCUT2D eigenvalue weighted by molar-refractivity contribution is 7.46. The van der Waals surface area contributed by atoms with Crippen molar-refractivity contribution in [3.05, 3.63) is 0 Å². The highest BCUT2D eigenvalue weighted by Crippen LogP contribution is 2.33. The highest BCUT2D eigenvalue weighted by Gasteiger charge is 2.04. The number of hydrogen-bond acceptors (Lipinski definition) is 2. The van der Waals surface area contributed by atoms with Crippen molar-refractivity contribution in [2.75, 3.05) is 12.8 Å². The minimum Gasteiger partial charge on any atom is -0.350 e. The van der Waals surface area contributed by atoms with E-state index in [2.05, 4.69) is 27.7 Å². The zero-order valence-electron chi connectivity index (χ0n) is 17.1. The number of rotatable bonds is 18. The van der Waals surface area contributed by atoms with Gasteiger partial charge in [-0.15, -0.1) is 0 Å². The lowest BCUT2D eigenvalue weighted by Crippen LogP contribution is -1.94. The monoisotopic (exact) mass is 360 g/mol. The van der Waals surface area contributed by atoms with Gasteiger partial charge in [-0.25, -0.2) is 0 Å². The van der Waals surface area contributed by atoms with Gasteiger partial charge >= 0.3 is 0 Å². The normalized spacial score (nSPS) is 13.1. The first-order chi connectivity index (χ1) is 11.5. The zero-order valence-corrected chi connectivity index (χ0v) is 18.0. The van der Waals surface area contributed by atoms with Crippen molar-refractivity contribution in [1.82, 2.24) is 0 Å². The molecule has 1 N–H and O–H groups in total. The minimum absolute atomic E-state index is 0.752. The largest absolute Gasteiger partial charge is 0.350 e. The van der Waals surface area contributed by atoms with Gasteiger partial charge < -0.3 is 9.42 Å². The fourth-order valence-corrected chi connectivity index (χ4v) is 3.89. The third kappa shape index (κ3) is 20.4. The van der Waals surface area contributed by atoms with Crippen LogP contribution in [0.15, 0.2) is 0 Å². The molecule has 0 rings (SSSR count). The topological polar surface area (TPSA) is 29.5 Å². The summed E-state index contributed by atoms with van der Waals surface area (Å²) < 4.78 is 5.58. The molecule has 0 heterocycles. The third-order valence-electron chi connectivity index (χ3n) is 4.55. The molecule has 0 aromatic carbocycles. The molecule has 0 amide bonds. The van der Waals surface area contributed by atoms with Gasteiger partial charge in [0.2, 0.25) is 0 Å². The van der Waals surface area contributed by atoms with Gasteiger partial charge in [-0.05, 0) is 24.7 Å². The van der Waals surface area contributed by atoms with E-state index in [1.54, 1.807) is 0 Å². The summed E-state index contributed by atoms with van der Waals surface area (Å²) in [5.41, 5.74) is 0. The second-order valence-corrected chi connectivity index (χ2v) is 9.57. The average Bonchev–Trinajstić information content (AvgIpc) is 2.51. The van der Waals surface area contributed by atoms with Crippen molar-refractivity contribution >= 4 is 8.38 Å². The lowest BCUT2D eigenvalue weighted by atomic mass is 10.0. The molecular weight excluding hydrogens is 315 g/mol. The molecule has 0 aliphatic rings. The summed E-state index contributed by atoms with van der Waals surface area (Å²) in [4.78, 5) is 9.90. The fraction of sp³-hybridized carbons (Fsp3) is 1.00. The highest BCUT2D eigenvalue weighted by atomic mass is 31.2. The van der Waals surface area contributed by atoms with Crippen molar-refractivity contribution in [2.45, 2.75) is 111 Å². The molecule has 2 nitrogen and oxygen atoms in total. The third-order valence-corrected chi connectivity index (χ3v) is 5.73. The summed E-state index contributed by atoms with van der Waals surface area (Å²) in [6.45, 7) is 9.95. The summed E-state index contributed by atoms with van der Waals surface area (Å²) >= 11 is 0. The Morgan fingerprint density at radius 2 is 1.04 bits per heavy atom. The Kier molecular flexibility index (Phi) is 18.4. The van der Waals surface area contributed by atoms with E-state index < -0.39 is 8.38 Å². The van der Waals surface area contributed by atoms with Crippen LogP contribution in [0.3, 0.4) is 0 Å². The van der Waals surface area contributed by atoms with Crippen molar-refractivity contribution in [1.29, 1.82) is 0 Å². The van der Waals surface area contributed by atoms with Crippen LogP contribution in [-0.4, -0.2) is 17.7 Å². The van der Waals surface area contributed by atoms with E-state index in [1.807, 2.05) is 0 Å². The maximum atomic E-state index is 9.90. The van der Waals surface area contributed by atoms with Crippen LogP contribution >= 0.6 is 8.38 Å². The maximum Gasteiger partial charge on any atom is 0.167 e. The summed E-state index contributed by atoms with van der Waals surface area (Å²) in [5.74, 6) is 1.69. The second-order valence-electron chi connectivity index (χ2n) is 8.16. The van der Waals surface area contributed by atoms with Crippen LogP contribution in [0.4, 0.5) is 0 Å². The first-order valence-electron chi connectivity index (χ1n) is 10.6. The maximum absolute atomic E-state index is 9.90. The fourth-order valence-electron chi connectivity index (χ4n) is 2.93. The molecule has 0 fully saturated rings. The number of unbranched alkanes of at least 4 members (excludes halogenated alkanes) is 9. The van der Waals surface area contributed by atoms with Gasteiger partial charge in [0.05, 0.1) is 6.61 Å². The Morgan fingerprint density at radius 1 is 0.625 bits per heavy atom. The molecule has 0 aromatic rings. The minimum atomic E-state index is -1.15. The van der Waals surface area contributed by atoms with Gasteiger partial charge in [0.25, 0.3) is 0 Å². The Bertz CT molecular complexity index is 220. The van der Waals surface area contributed by atoms with E-state index in [0.29, 0.717) is 0 Å². The second kappa shape index (κ2) is 18.2. The molecule has 0 bridgehead atoms. The molecule has 146 valence electrons. The van der Waals surface area contributed by atoms with Gasteiger partial charge in [0.15, 0.2) is 8.38 Å².